The molecular weight excluding hydrogens is 1000 g/mol. The first-order valence-electron chi connectivity index (χ1n) is 20.3. The van der Waals surface area contributed by atoms with Gasteiger partial charge in [-0.15, -0.1) is 0 Å². The monoisotopic (exact) mass is 1040 g/mol. The molecule has 6 rings (SSSR count). The number of amides is 1. The van der Waals surface area contributed by atoms with Crippen molar-refractivity contribution in [2.75, 3.05) is 19.8 Å². The average molecular weight is 1050 g/mol. The summed E-state index contributed by atoms with van der Waals surface area (Å²) in [7, 11) is 0. The molecule has 0 aromatic heterocycles. The van der Waals surface area contributed by atoms with E-state index in [-0.39, 0.29) is 11.5 Å². The van der Waals surface area contributed by atoms with Gasteiger partial charge in [-0.25, -0.2) is 4.79 Å². The highest BCUT2D eigenvalue weighted by Crippen LogP contribution is 2.45. The van der Waals surface area contributed by atoms with Crippen LogP contribution in [0.2, 0.25) is 0 Å². The zero-order chi connectivity index (χ0) is 49.6. The first kappa shape index (κ1) is 53.0. The molecule has 3 aliphatic heterocycles. The lowest BCUT2D eigenvalue weighted by Gasteiger charge is -2.51. The number of alkyl carbamates (subject to hydrolysis) is 1. The summed E-state index contributed by atoms with van der Waals surface area (Å²) < 4.78 is 138. The fourth-order valence-corrected chi connectivity index (χ4v) is 8.81. The summed E-state index contributed by atoms with van der Waals surface area (Å²) in [5, 5.41) is 2.52. The van der Waals surface area contributed by atoms with Crippen molar-refractivity contribution >= 4 is 76.8 Å². The van der Waals surface area contributed by atoms with Gasteiger partial charge >= 0.3 is 36.4 Å². The van der Waals surface area contributed by atoms with Crippen molar-refractivity contribution in [1.82, 2.24) is 5.32 Å². The van der Waals surface area contributed by atoms with E-state index in [9.17, 15) is 45.5 Å². The summed E-state index contributed by atoms with van der Waals surface area (Å²) in [6.45, 7) is 1.19. The van der Waals surface area contributed by atoms with Crippen LogP contribution >= 0.6 is 46.6 Å². The van der Waals surface area contributed by atoms with E-state index >= 15 is 0 Å². The predicted molar refractivity (Wildman–Crippen MR) is 229 cm³/mol. The van der Waals surface area contributed by atoms with E-state index < -0.39 is 137 Å². The Morgan fingerprint density at radius 3 is 2.01 bits per heavy atom. The van der Waals surface area contributed by atoms with Gasteiger partial charge in [0.1, 0.15) is 49.1 Å². The molecule has 0 spiro atoms. The number of nitrogens with zero attached hydrogens (tertiary/aromatic N) is 1. The highest BCUT2D eigenvalue weighted by Gasteiger charge is 2.57. The number of nitrogens with one attached hydrogen (secondary N) is 1. The van der Waals surface area contributed by atoms with E-state index in [1.54, 1.807) is 30.3 Å². The normalized spacial score (nSPS) is 27.7. The van der Waals surface area contributed by atoms with Gasteiger partial charge < -0.3 is 47.9 Å². The summed E-state index contributed by atoms with van der Waals surface area (Å²) >= 11 is 18.1. The maximum absolute atomic E-state index is 14.5. The van der Waals surface area contributed by atoms with Crippen molar-refractivity contribution < 1.29 is 88.2 Å². The molecule has 68 heavy (non-hydrogen) atoms. The lowest BCUT2D eigenvalue weighted by molar-refractivity contribution is -0.343. The first-order chi connectivity index (χ1) is 32.0. The predicted octanol–water partition coefficient (Wildman–Crippen LogP) is 8.14. The average Bonchev–Trinajstić information content (AvgIpc) is 3.26. The van der Waals surface area contributed by atoms with E-state index in [1.165, 1.54) is 12.1 Å². The van der Waals surface area contributed by atoms with Crippen molar-refractivity contribution in [3.63, 3.8) is 0 Å². The third kappa shape index (κ3) is 14.1. The maximum Gasteiger partial charge on any atom is 0.417 e. The zero-order valence-electron chi connectivity index (χ0n) is 35.6. The number of carbonyl (C=O) groups is 4. The minimum absolute atomic E-state index is 0.298. The van der Waals surface area contributed by atoms with Gasteiger partial charge in [-0.2, -0.15) is 26.3 Å². The van der Waals surface area contributed by atoms with E-state index in [2.05, 4.69) is 10.3 Å². The molecule has 0 bridgehead atoms. The number of hydrogen-bond donors (Lipinski definition) is 1. The Kier molecular flexibility index (Phi) is 17.6. The Morgan fingerprint density at radius 1 is 0.765 bits per heavy atom. The Bertz CT molecular complexity index is 2280. The number of fused-ring (bicyclic) bond motifs is 1. The lowest BCUT2D eigenvalue weighted by atomic mass is 9.94. The molecule has 1 N–H and O–H groups in total. The quantitative estimate of drug-likeness (QED) is 0.0571. The Balaban J connectivity index is 1.53. The number of rotatable bonds is 13. The van der Waals surface area contributed by atoms with Crippen LogP contribution in [0, 0.1) is 0 Å². The molecule has 3 aromatic carbocycles. The fourth-order valence-electron chi connectivity index (χ4n) is 7.36. The SMILES string of the molecule is CC(=O)OC[C@H]1O[C@H](O[C@@H]2[C@@H](NC(=O)OCC(Cl)(Cl)Cl)[C@H](Sc3ccccc3C(F)(F)F)O[C@@H]3CO[C@@H](c4ccccc4)O[C@@H]23)[C@H](N=Cc2ccccc2C(F)(F)F)[C@@H](OC(C)=O)[C@@H]1OC(C)=O. The molecule has 25 heteroatoms. The van der Waals surface area contributed by atoms with Crippen molar-refractivity contribution in [1.29, 1.82) is 0 Å². The van der Waals surface area contributed by atoms with E-state index in [1.807, 2.05) is 0 Å². The second-order valence-corrected chi connectivity index (χ2v) is 18.8. The topological polar surface area (TPSA) is 176 Å². The molecule has 1 amide bonds. The maximum atomic E-state index is 14.5. The molecule has 0 aliphatic carbocycles. The zero-order valence-corrected chi connectivity index (χ0v) is 38.7. The number of hydrogen-bond acceptors (Lipinski definition) is 15. The van der Waals surface area contributed by atoms with E-state index in [0.29, 0.717) is 17.3 Å². The second-order valence-electron chi connectivity index (χ2n) is 15.1. The number of ether oxygens (including phenoxy) is 9. The number of halogens is 9. The number of esters is 3. The van der Waals surface area contributed by atoms with Crippen molar-refractivity contribution in [3.8, 4) is 0 Å². The van der Waals surface area contributed by atoms with Crippen LogP contribution in [0.4, 0.5) is 31.1 Å². The van der Waals surface area contributed by atoms with Crippen molar-refractivity contribution in [3.05, 3.63) is 101 Å². The summed E-state index contributed by atoms with van der Waals surface area (Å²) in [4.78, 5) is 55.2. The molecule has 3 heterocycles. The summed E-state index contributed by atoms with van der Waals surface area (Å²) in [5.41, 5.74) is -3.77. The molecule has 0 saturated carbocycles. The van der Waals surface area contributed by atoms with Crippen LogP contribution in [0.25, 0.3) is 0 Å². The molecule has 370 valence electrons. The van der Waals surface area contributed by atoms with Gasteiger partial charge in [-0.1, -0.05) is 107 Å². The number of aliphatic imine (C=N–C) groups is 1. The van der Waals surface area contributed by atoms with Gasteiger partial charge in [0.05, 0.1) is 23.8 Å². The molecule has 3 aliphatic rings. The van der Waals surface area contributed by atoms with Gasteiger partial charge in [-0.3, -0.25) is 19.4 Å². The molecule has 11 atom stereocenters. The van der Waals surface area contributed by atoms with Gasteiger partial charge in [-0.05, 0) is 18.2 Å². The van der Waals surface area contributed by atoms with Gasteiger partial charge in [0.25, 0.3) is 0 Å². The summed E-state index contributed by atoms with van der Waals surface area (Å²) in [6, 6.07) is 13.7. The van der Waals surface area contributed by atoms with Gasteiger partial charge in [0.2, 0.25) is 3.79 Å². The molecule has 3 saturated heterocycles. The molecule has 15 nitrogen and oxygen atoms in total. The van der Waals surface area contributed by atoms with Crippen molar-refractivity contribution in [2.45, 2.75) is 109 Å². The van der Waals surface area contributed by atoms with Crippen LogP contribution in [-0.2, 0) is 69.4 Å². The Hall–Kier alpha value is -4.39. The van der Waals surface area contributed by atoms with E-state index in [0.717, 1.165) is 63.4 Å². The smallest absolute Gasteiger partial charge is 0.417 e. The number of benzene rings is 3. The summed E-state index contributed by atoms with van der Waals surface area (Å²) in [6.07, 6.45) is -22.7. The van der Waals surface area contributed by atoms with Gasteiger partial charge in [0, 0.05) is 43.0 Å². The van der Waals surface area contributed by atoms with Crippen LogP contribution in [0.5, 0.6) is 0 Å². The standard InChI is InChI=1S/C43H41Cl3F6N2O13S/c1-21(55)59-18-28-33(62-22(2)56)35(63-23(3)57)31(53-17-25-13-7-8-14-26(25)42(47,48)49)38(64-28)67-36-32(54-40(58)61-20-41(44,45)46)39(68-30-16-10-9-15-27(30)43(50,51)52)65-29-19-60-37(66-34(29)36)24-11-5-4-6-12-24/h4-17,28-29,31-39H,18-20H2,1-3H3,(H,54,58)/t28-,29-,31-,32-,33-,34-,35-,36-,37-,38-,39+/m1/s1. The van der Waals surface area contributed by atoms with Crippen LogP contribution in [0.1, 0.15) is 49.3 Å². The molecule has 3 fully saturated rings. The highest BCUT2D eigenvalue weighted by atomic mass is 35.6. The summed E-state index contributed by atoms with van der Waals surface area (Å²) in [5.74, 6) is -2.80. The van der Waals surface area contributed by atoms with E-state index in [4.69, 9.17) is 77.4 Å². The lowest BCUT2D eigenvalue weighted by Crippen LogP contribution is -2.69. The van der Waals surface area contributed by atoms with Crippen LogP contribution in [-0.4, -0.2) is 114 Å². The minimum atomic E-state index is -4.89. The van der Waals surface area contributed by atoms with Crippen LogP contribution in [0.15, 0.2) is 88.8 Å². The third-order valence-corrected chi connectivity index (χ3v) is 11.7. The molecule has 0 unspecified atom stereocenters. The van der Waals surface area contributed by atoms with Crippen LogP contribution in [0.3, 0.4) is 0 Å². The van der Waals surface area contributed by atoms with Crippen LogP contribution < -0.4 is 5.32 Å². The molecular formula is C43H41Cl3F6N2O13S. The van der Waals surface area contributed by atoms with Crippen molar-refractivity contribution in [2.24, 2.45) is 4.99 Å². The third-order valence-electron chi connectivity index (χ3n) is 10.1. The number of alkyl halides is 9. The second kappa shape index (κ2) is 22.6. The minimum Gasteiger partial charge on any atom is -0.463 e. The Labute approximate surface area is 403 Å². The Morgan fingerprint density at radius 2 is 1.38 bits per heavy atom. The number of thioether (sulfide) groups is 1. The first-order valence-corrected chi connectivity index (χ1v) is 22.3. The fraction of sp³-hybridized carbons (Fsp3) is 0.465. The highest BCUT2D eigenvalue weighted by molar-refractivity contribution is 7.99. The largest absolute Gasteiger partial charge is 0.463 e. The molecule has 3 aromatic rings. The van der Waals surface area contributed by atoms with Gasteiger partial charge in [0.15, 0.2) is 24.8 Å². The molecule has 0 radical (unpaired) electrons. The number of carbonyl (C=O) groups excluding carboxylic acids is 4.